The van der Waals surface area contributed by atoms with Gasteiger partial charge in [0.15, 0.2) is 0 Å². The van der Waals surface area contributed by atoms with Crippen LogP contribution < -0.4 is 5.73 Å². The van der Waals surface area contributed by atoms with Gasteiger partial charge in [0.05, 0.1) is 13.2 Å². The summed E-state index contributed by atoms with van der Waals surface area (Å²) in [6.07, 6.45) is 14.8. The standard InChI is InChI=1S/C15H29N3O/c1-2-3-4-5-6-7-8-9-10-17-11-12-18(14-17)13-15(16)19/h11-12H,2-10,13-14H2,1H3,(H2,16,19). The number of unbranched alkanes of at least 4 members (excludes halogenated alkanes) is 7. The minimum Gasteiger partial charge on any atom is -0.368 e. The average Bonchev–Trinajstić information content (AvgIpc) is 2.79. The molecule has 0 aromatic heterocycles. The van der Waals surface area contributed by atoms with E-state index in [1.54, 1.807) is 0 Å². The summed E-state index contributed by atoms with van der Waals surface area (Å²) in [5.41, 5.74) is 5.17. The van der Waals surface area contributed by atoms with E-state index in [1.165, 1.54) is 51.4 Å². The Bertz CT molecular complexity index is 279. The molecule has 1 amide bonds. The van der Waals surface area contributed by atoms with E-state index in [0.29, 0.717) is 6.54 Å². The average molecular weight is 267 g/mol. The van der Waals surface area contributed by atoms with Crippen LogP contribution in [0.3, 0.4) is 0 Å². The van der Waals surface area contributed by atoms with Gasteiger partial charge in [-0.25, -0.2) is 0 Å². The van der Waals surface area contributed by atoms with Crippen LogP contribution in [0.4, 0.5) is 0 Å². The maximum atomic E-state index is 10.8. The summed E-state index contributed by atoms with van der Waals surface area (Å²) in [5.74, 6) is -0.265. The Hall–Kier alpha value is -1.19. The van der Waals surface area contributed by atoms with Crippen molar-refractivity contribution < 1.29 is 4.79 Å². The molecule has 4 heteroatoms. The summed E-state index contributed by atoms with van der Waals surface area (Å²) >= 11 is 0. The van der Waals surface area contributed by atoms with Crippen molar-refractivity contribution in [2.75, 3.05) is 19.8 Å². The van der Waals surface area contributed by atoms with Crippen LogP contribution in [0.15, 0.2) is 12.4 Å². The van der Waals surface area contributed by atoms with Crippen LogP contribution in [-0.4, -0.2) is 35.5 Å². The number of hydrogen-bond donors (Lipinski definition) is 1. The Labute approximate surface area is 117 Å². The quantitative estimate of drug-likeness (QED) is 0.586. The maximum Gasteiger partial charge on any atom is 0.236 e. The number of primary amides is 1. The Morgan fingerprint density at radius 1 is 1.00 bits per heavy atom. The minimum atomic E-state index is -0.265. The normalized spacial score (nSPS) is 14.4. The van der Waals surface area contributed by atoms with Crippen LogP contribution in [0.2, 0.25) is 0 Å². The van der Waals surface area contributed by atoms with E-state index in [4.69, 9.17) is 5.73 Å². The fourth-order valence-electron chi connectivity index (χ4n) is 2.41. The van der Waals surface area contributed by atoms with Gasteiger partial charge in [-0.15, -0.1) is 0 Å². The summed E-state index contributed by atoms with van der Waals surface area (Å²) in [7, 11) is 0. The molecule has 1 aliphatic rings. The molecule has 0 aromatic carbocycles. The van der Waals surface area contributed by atoms with E-state index in [2.05, 4.69) is 18.0 Å². The number of nitrogens with two attached hydrogens (primary N) is 1. The molecule has 19 heavy (non-hydrogen) atoms. The Morgan fingerprint density at radius 2 is 1.58 bits per heavy atom. The van der Waals surface area contributed by atoms with Gasteiger partial charge >= 0.3 is 0 Å². The molecule has 110 valence electrons. The molecule has 1 aliphatic heterocycles. The second kappa shape index (κ2) is 9.70. The molecule has 0 saturated heterocycles. The van der Waals surface area contributed by atoms with Crippen molar-refractivity contribution in [3.05, 3.63) is 12.4 Å². The van der Waals surface area contributed by atoms with Crippen molar-refractivity contribution in [3.8, 4) is 0 Å². The molecule has 0 unspecified atom stereocenters. The molecule has 0 bridgehead atoms. The predicted octanol–water partition coefficient (Wildman–Crippen LogP) is 2.66. The number of carbonyl (C=O) groups excluding carboxylic acids is 1. The van der Waals surface area contributed by atoms with E-state index in [0.717, 1.165) is 13.2 Å². The van der Waals surface area contributed by atoms with Crippen LogP contribution in [0.1, 0.15) is 58.3 Å². The summed E-state index contributed by atoms with van der Waals surface area (Å²) in [6, 6.07) is 0. The second-order valence-electron chi connectivity index (χ2n) is 5.44. The molecule has 0 radical (unpaired) electrons. The Kier molecular flexibility index (Phi) is 8.10. The Morgan fingerprint density at radius 3 is 2.21 bits per heavy atom. The molecule has 0 spiro atoms. The van der Waals surface area contributed by atoms with Gasteiger partial charge in [-0.1, -0.05) is 51.9 Å². The van der Waals surface area contributed by atoms with Gasteiger partial charge in [0.25, 0.3) is 0 Å². The third-order valence-electron chi connectivity index (χ3n) is 3.51. The lowest BCUT2D eigenvalue weighted by atomic mass is 10.1. The van der Waals surface area contributed by atoms with Crippen LogP contribution in [0, 0.1) is 0 Å². The highest BCUT2D eigenvalue weighted by Gasteiger charge is 2.12. The molecule has 0 fully saturated rings. The van der Waals surface area contributed by atoms with Gasteiger partial charge in [-0.2, -0.15) is 0 Å². The van der Waals surface area contributed by atoms with Crippen molar-refractivity contribution in [2.24, 2.45) is 5.73 Å². The van der Waals surface area contributed by atoms with Crippen molar-refractivity contribution in [3.63, 3.8) is 0 Å². The zero-order valence-corrected chi connectivity index (χ0v) is 12.3. The van der Waals surface area contributed by atoms with Crippen LogP contribution in [-0.2, 0) is 4.79 Å². The van der Waals surface area contributed by atoms with Crippen LogP contribution in [0.25, 0.3) is 0 Å². The van der Waals surface area contributed by atoms with Gasteiger partial charge in [-0.05, 0) is 6.42 Å². The predicted molar refractivity (Wildman–Crippen MR) is 79.2 cm³/mol. The number of nitrogens with zero attached hydrogens (tertiary/aromatic N) is 2. The topological polar surface area (TPSA) is 49.6 Å². The van der Waals surface area contributed by atoms with Gasteiger partial charge in [-0.3, -0.25) is 4.79 Å². The highest BCUT2D eigenvalue weighted by atomic mass is 16.1. The van der Waals surface area contributed by atoms with Gasteiger partial charge in [0.1, 0.15) is 0 Å². The number of carbonyl (C=O) groups is 1. The zero-order valence-electron chi connectivity index (χ0n) is 12.3. The van der Waals surface area contributed by atoms with Crippen molar-refractivity contribution in [1.82, 2.24) is 9.80 Å². The fraction of sp³-hybridized carbons (Fsp3) is 0.800. The molecule has 0 aromatic rings. The number of hydrogen-bond acceptors (Lipinski definition) is 3. The van der Waals surface area contributed by atoms with Crippen LogP contribution >= 0.6 is 0 Å². The monoisotopic (exact) mass is 267 g/mol. The highest BCUT2D eigenvalue weighted by molar-refractivity contribution is 5.76. The molecule has 1 rings (SSSR count). The third kappa shape index (κ3) is 7.75. The molecule has 4 nitrogen and oxygen atoms in total. The molecule has 0 aliphatic carbocycles. The van der Waals surface area contributed by atoms with E-state index >= 15 is 0 Å². The summed E-state index contributed by atoms with van der Waals surface area (Å²) in [6.45, 7) is 4.47. The minimum absolute atomic E-state index is 0.265. The molecular weight excluding hydrogens is 238 g/mol. The first-order valence-electron chi connectivity index (χ1n) is 7.67. The van der Waals surface area contributed by atoms with Crippen molar-refractivity contribution in [2.45, 2.75) is 58.3 Å². The van der Waals surface area contributed by atoms with E-state index in [1.807, 2.05) is 11.1 Å². The summed E-state index contributed by atoms with van der Waals surface area (Å²) in [4.78, 5) is 15.0. The van der Waals surface area contributed by atoms with Crippen molar-refractivity contribution in [1.29, 1.82) is 0 Å². The maximum absolute atomic E-state index is 10.8. The lowest BCUT2D eigenvalue weighted by Crippen LogP contribution is -2.33. The molecule has 0 atom stereocenters. The highest BCUT2D eigenvalue weighted by Crippen LogP contribution is 2.11. The molecule has 2 N–H and O–H groups in total. The molecular formula is C15H29N3O. The van der Waals surface area contributed by atoms with E-state index < -0.39 is 0 Å². The molecule has 1 heterocycles. The lowest BCUT2D eigenvalue weighted by molar-refractivity contribution is -0.118. The summed E-state index contributed by atoms with van der Waals surface area (Å²) < 4.78 is 0. The van der Waals surface area contributed by atoms with E-state index in [-0.39, 0.29) is 5.91 Å². The zero-order chi connectivity index (χ0) is 13.9. The largest absolute Gasteiger partial charge is 0.368 e. The SMILES string of the molecule is CCCCCCCCCCN1C=CN(CC(N)=O)C1. The lowest BCUT2D eigenvalue weighted by Gasteiger charge is -2.20. The first-order chi connectivity index (χ1) is 9.22. The van der Waals surface area contributed by atoms with Crippen LogP contribution in [0.5, 0.6) is 0 Å². The smallest absolute Gasteiger partial charge is 0.236 e. The number of rotatable bonds is 11. The second-order valence-corrected chi connectivity index (χ2v) is 5.44. The van der Waals surface area contributed by atoms with Gasteiger partial charge < -0.3 is 15.5 Å². The fourth-order valence-corrected chi connectivity index (χ4v) is 2.41. The third-order valence-corrected chi connectivity index (χ3v) is 3.51. The first kappa shape index (κ1) is 15.9. The van der Waals surface area contributed by atoms with Gasteiger partial charge in [0, 0.05) is 18.9 Å². The van der Waals surface area contributed by atoms with Gasteiger partial charge in [0.2, 0.25) is 5.91 Å². The van der Waals surface area contributed by atoms with E-state index in [9.17, 15) is 4.79 Å². The Balaban J connectivity index is 1.91. The molecule has 0 saturated carbocycles. The summed E-state index contributed by atoms with van der Waals surface area (Å²) in [5, 5.41) is 0. The number of amides is 1. The first-order valence-corrected chi connectivity index (χ1v) is 7.67. The van der Waals surface area contributed by atoms with Crippen molar-refractivity contribution >= 4 is 5.91 Å².